The standard InChI is InChI=1S/C40H62N4O8/c1-3-5-7-9-15-19-27-51-31-23-25-33(35(45)29-31)39(49)43-44(38(48)22-18-14-12-11-13-17-21-37(47)42-41)40(50)34-26-24-32(30-36(34)46)52-28-20-16-10-8-6-4-2/h23-26,29-30,45-46H,3-22,27-28,41H2,1-2H3,(H,42,47)(H,43,49). The van der Waals surface area contributed by atoms with Gasteiger partial charge in [0.15, 0.2) is 0 Å². The summed E-state index contributed by atoms with van der Waals surface area (Å²) in [4.78, 5) is 51.7. The number of phenolic OH excluding ortho intramolecular Hbond substituents is 2. The maximum Gasteiger partial charge on any atom is 0.283 e. The fraction of sp³-hybridized carbons (Fsp3) is 0.600. The van der Waals surface area contributed by atoms with Gasteiger partial charge in [-0.2, -0.15) is 5.01 Å². The van der Waals surface area contributed by atoms with E-state index in [9.17, 15) is 29.4 Å². The second kappa shape index (κ2) is 26.5. The van der Waals surface area contributed by atoms with Crippen molar-refractivity contribution in [1.29, 1.82) is 0 Å². The van der Waals surface area contributed by atoms with E-state index in [1.54, 1.807) is 12.1 Å². The molecule has 2 aromatic carbocycles. The lowest BCUT2D eigenvalue weighted by atomic mass is 10.1. The molecule has 0 radical (unpaired) electrons. The van der Waals surface area contributed by atoms with Gasteiger partial charge in [-0.05, 0) is 49.9 Å². The molecule has 290 valence electrons. The number of ether oxygens (including phenoxy) is 2. The van der Waals surface area contributed by atoms with Crippen molar-refractivity contribution in [2.75, 3.05) is 13.2 Å². The van der Waals surface area contributed by atoms with Crippen molar-refractivity contribution in [3.63, 3.8) is 0 Å². The van der Waals surface area contributed by atoms with Crippen LogP contribution in [0.5, 0.6) is 23.0 Å². The average molecular weight is 727 g/mol. The van der Waals surface area contributed by atoms with Gasteiger partial charge in [0.25, 0.3) is 11.8 Å². The number of nitrogens with one attached hydrogen (secondary N) is 2. The van der Waals surface area contributed by atoms with E-state index in [1.165, 1.54) is 62.8 Å². The number of imide groups is 1. The minimum absolute atomic E-state index is 0.0426. The first kappa shape index (κ1) is 43.8. The normalized spacial score (nSPS) is 10.8. The largest absolute Gasteiger partial charge is 0.507 e. The minimum Gasteiger partial charge on any atom is -0.507 e. The highest BCUT2D eigenvalue weighted by Gasteiger charge is 2.28. The summed E-state index contributed by atoms with van der Waals surface area (Å²) in [6, 6.07) is 8.48. The van der Waals surface area contributed by atoms with E-state index >= 15 is 0 Å². The van der Waals surface area contributed by atoms with Gasteiger partial charge in [0.2, 0.25) is 11.8 Å². The van der Waals surface area contributed by atoms with Gasteiger partial charge < -0.3 is 19.7 Å². The van der Waals surface area contributed by atoms with Crippen LogP contribution in [0.2, 0.25) is 0 Å². The highest BCUT2D eigenvalue weighted by molar-refractivity contribution is 6.09. The summed E-state index contributed by atoms with van der Waals surface area (Å²) < 4.78 is 11.5. The van der Waals surface area contributed by atoms with Crippen LogP contribution >= 0.6 is 0 Å². The summed E-state index contributed by atoms with van der Waals surface area (Å²) in [7, 11) is 0. The van der Waals surface area contributed by atoms with Gasteiger partial charge in [0, 0.05) is 25.0 Å². The molecular formula is C40H62N4O8. The Kier molecular flexibility index (Phi) is 22.3. The molecule has 0 aromatic heterocycles. The Morgan fingerprint density at radius 3 is 1.54 bits per heavy atom. The second-order valence-electron chi connectivity index (χ2n) is 13.3. The third kappa shape index (κ3) is 17.3. The van der Waals surface area contributed by atoms with E-state index in [0.717, 1.165) is 57.8 Å². The fourth-order valence-corrected chi connectivity index (χ4v) is 5.68. The van der Waals surface area contributed by atoms with Gasteiger partial charge >= 0.3 is 0 Å². The number of amides is 4. The number of hydrazine groups is 2. The smallest absolute Gasteiger partial charge is 0.283 e. The Morgan fingerprint density at radius 1 is 0.615 bits per heavy atom. The van der Waals surface area contributed by atoms with Crippen LogP contribution in [0.1, 0.15) is 163 Å². The first-order valence-electron chi connectivity index (χ1n) is 19.3. The lowest BCUT2D eigenvalue weighted by Crippen LogP contribution is -2.49. The van der Waals surface area contributed by atoms with Crippen LogP contribution in [0.15, 0.2) is 36.4 Å². The molecule has 0 heterocycles. The Balaban J connectivity index is 2.06. The molecule has 2 aromatic rings. The number of unbranched alkanes of at least 4 members (excludes halogenated alkanes) is 15. The number of benzene rings is 2. The molecule has 0 atom stereocenters. The number of hydrogen-bond acceptors (Lipinski definition) is 9. The second-order valence-corrected chi connectivity index (χ2v) is 13.3. The van der Waals surface area contributed by atoms with Crippen molar-refractivity contribution in [2.24, 2.45) is 5.84 Å². The van der Waals surface area contributed by atoms with Crippen molar-refractivity contribution >= 4 is 23.6 Å². The molecule has 0 bridgehead atoms. The summed E-state index contributed by atoms with van der Waals surface area (Å²) in [5.74, 6) is 2.46. The molecule has 52 heavy (non-hydrogen) atoms. The zero-order chi connectivity index (χ0) is 38.0. The molecule has 0 saturated carbocycles. The lowest BCUT2D eigenvalue weighted by Gasteiger charge is -2.22. The highest BCUT2D eigenvalue weighted by atomic mass is 16.5. The molecule has 0 fully saturated rings. The van der Waals surface area contributed by atoms with Crippen molar-refractivity contribution in [1.82, 2.24) is 15.9 Å². The quantitative estimate of drug-likeness (QED) is 0.0264. The molecule has 0 aliphatic rings. The van der Waals surface area contributed by atoms with Crippen LogP contribution in [-0.4, -0.2) is 52.1 Å². The zero-order valence-electron chi connectivity index (χ0n) is 31.4. The topological polar surface area (TPSA) is 181 Å². The monoisotopic (exact) mass is 726 g/mol. The highest BCUT2D eigenvalue weighted by Crippen LogP contribution is 2.27. The molecular weight excluding hydrogens is 664 g/mol. The molecule has 0 spiro atoms. The van der Waals surface area contributed by atoms with E-state index in [4.69, 9.17) is 15.3 Å². The maximum absolute atomic E-state index is 13.7. The van der Waals surface area contributed by atoms with E-state index < -0.39 is 23.5 Å². The number of carbonyl (C=O) groups is 4. The minimum atomic E-state index is -0.921. The number of nitrogens with zero attached hydrogens (tertiary/aromatic N) is 1. The summed E-state index contributed by atoms with van der Waals surface area (Å²) in [6.45, 7) is 5.29. The van der Waals surface area contributed by atoms with Crippen LogP contribution in [0.3, 0.4) is 0 Å². The number of phenols is 2. The Morgan fingerprint density at radius 2 is 1.06 bits per heavy atom. The molecule has 0 aliphatic carbocycles. The summed E-state index contributed by atoms with van der Waals surface area (Å²) >= 11 is 0. The van der Waals surface area contributed by atoms with Crippen LogP contribution in [0, 0.1) is 0 Å². The predicted octanol–water partition coefficient (Wildman–Crippen LogP) is 8.00. The number of aromatic hydroxyl groups is 2. The van der Waals surface area contributed by atoms with Crippen LogP contribution in [-0.2, 0) is 9.59 Å². The molecule has 0 saturated heterocycles. The van der Waals surface area contributed by atoms with Crippen LogP contribution in [0.25, 0.3) is 0 Å². The van der Waals surface area contributed by atoms with Gasteiger partial charge in [-0.25, -0.2) is 5.84 Å². The molecule has 2 rings (SSSR count). The number of rotatable bonds is 27. The van der Waals surface area contributed by atoms with Crippen molar-refractivity contribution < 1.29 is 38.9 Å². The van der Waals surface area contributed by atoms with E-state index in [-0.39, 0.29) is 29.2 Å². The first-order chi connectivity index (χ1) is 25.2. The molecule has 12 nitrogen and oxygen atoms in total. The summed E-state index contributed by atoms with van der Waals surface area (Å²) in [5.41, 5.74) is 4.13. The zero-order valence-corrected chi connectivity index (χ0v) is 31.4. The third-order valence-corrected chi connectivity index (χ3v) is 8.82. The summed E-state index contributed by atoms with van der Waals surface area (Å²) in [5, 5.41) is 22.1. The predicted molar refractivity (Wildman–Crippen MR) is 202 cm³/mol. The van der Waals surface area contributed by atoms with Crippen LogP contribution in [0.4, 0.5) is 0 Å². The fourth-order valence-electron chi connectivity index (χ4n) is 5.68. The molecule has 0 aliphatic heterocycles. The number of hydrogen-bond donors (Lipinski definition) is 5. The number of carbonyl (C=O) groups excluding carboxylic acids is 4. The van der Waals surface area contributed by atoms with Gasteiger partial charge in [-0.1, -0.05) is 104 Å². The van der Waals surface area contributed by atoms with Crippen molar-refractivity contribution in [3.8, 4) is 23.0 Å². The molecule has 4 amide bonds. The van der Waals surface area contributed by atoms with Gasteiger partial charge in [-0.3, -0.25) is 30.0 Å². The molecule has 6 N–H and O–H groups in total. The Hall–Kier alpha value is -4.32. The maximum atomic E-state index is 13.7. The Bertz CT molecular complexity index is 1370. The van der Waals surface area contributed by atoms with E-state index in [1.807, 2.05) is 0 Å². The lowest BCUT2D eigenvalue weighted by molar-refractivity contribution is -0.130. The van der Waals surface area contributed by atoms with Gasteiger partial charge in [0.05, 0.1) is 24.3 Å². The van der Waals surface area contributed by atoms with Crippen LogP contribution < -0.4 is 26.2 Å². The van der Waals surface area contributed by atoms with Gasteiger partial charge in [-0.15, -0.1) is 0 Å². The van der Waals surface area contributed by atoms with E-state index in [2.05, 4.69) is 24.7 Å². The molecule has 0 unspecified atom stereocenters. The average Bonchev–Trinajstić information content (AvgIpc) is 3.13. The van der Waals surface area contributed by atoms with Crippen molar-refractivity contribution in [2.45, 2.75) is 142 Å². The number of nitrogens with two attached hydrogens (primary N) is 1. The third-order valence-electron chi connectivity index (χ3n) is 8.82. The first-order valence-corrected chi connectivity index (χ1v) is 19.3. The van der Waals surface area contributed by atoms with Crippen molar-refractivity contribution in [3.05, 3.63) is 47.5 Å². The Labute approximate surface area is 309 Å². The van der Waals surface area contributed by atoms with Gasteiger partial charge in [0.1, 0.15) is 23.0 Å². The summed E-state index contributed by atoms with van der Waals surface area (Å²) in [6.07, 6.45) is 18.0. The van der Waals surface area contributed by atoms with E-state index in [0.29, 0.717) is 55.4 Å². The SMILES string of the molecule is CCCCCCCCOc1ccc(C(=O)NN(C(=O)CCCCCCCCC(=O)NN)C(=O)c2ccc(OCCCCCCCC)cc2O)c(O)c1. The molecule has 12 heteroatoms.